The highest BCUT2D eigenvalue weighted by Crippen LogP contribution is 2.42. The van der Waals surface area contributed by atoms with Crippen molar-refractivity contribution in [1.29, 1.82) is 0 Å². The van der Waals surface area contributed by atoms with Crippen LogP contribution in [-0.4, -0.2) is 29.1 Å². The second-order valence-corrected chi connectivity index (χ2v) is 5.78. The van der Waals surface area contributed by atoms with Crippen molar-refractivity contribution in [3.05, 3.63) is 35.9 Å². The van der Waals surface area contributed by atoms with E-state index >= 15 is 0 Å². The molecule has 1 aromatic rings. The molecule has 0 saturated heterocycles. The quantitative estimate of drug-likeness (QED) is 0.867. The lowest BCUT2D eigenvalue weighted by Gasteiger charge is -2.33. The molecule has 3 heteroatoms. The molecule has 1 amide bonds. The van der Waals surface area contributed by atoms with Gasteiger partial charge in [-0.3, -0.25) is 4.79 Å². The average Bonchev–Trinajstić information content (AvgIpc) is 2.97. The molecule has 1 aliphatic rings. The molecule has 3 nitrogen and oxygen atoms in total. The van der Waals surface area contributed by atoms with Crippen LogP contribution in [0.15, 0.2) is 30.3 Å². The third-order valence-corrected chi connectivity index (χ3v) is 4.56. The Bertz CT molecular complexity index is 424. The van der Waals surface area contributed by atoms with E-state index in [4.69, 9.17) is 0 Å². The first kappa shape index (κ1) is 15.0. The highest BCUT2D eigenvalue weighted by atomic mass is 16.3. The van der Waals surface area contributed by atoms with Crippen LogP contribution in [0.25, 0.3) is 0 Å². The lowest BCUT2D eigenvalue weighted by atomic mass is 9.81. The molecule has 1 aromatic carbocycles. The Hall–Kier alpha value is -1.35. The van der Waals surface area contributed by atoms with Crippen LogP contribution in [0, 0.1) is 5.41 Å². The van der Waals surface area contributed by atoms with Crippen LogP contribution in [0.1, 0.15) is 44.6 Å². The van der Waals surface area contributed by atoms with Crippen molar-refractivity contribution < 1.29 is 9.90 Å². The van der Waals surface area contributed by atoms with Gasteiger partial charge in [-0.15, -0.1) is 0 Å². The maximum absolute atomic E-state index is 12.9. The second-order valence-electron chi connectivity index (χ2n) is 5.78. The van der Waals surface area contributed by atoms with Gasteiger partial charge in [0.25, 0.3) is 0 Å². The summed E-state index contributed by atoms with van der Waals surface area (Å²) in [5.74, 6) is 0.232. The van der Waals surface area contributed by atoms with Crippen molar-refractivity contribution in [2.24, 2.45) is 5.41 Å². The van der Waals surface area contributed by atoms with Crippen molar-refractivity contribution in [2.45, 2.75) is 45.6 Å². The van der Waals surface area contributed by atoms with Crippen LogP contribution in [0.4, 0.5) is 0 Å². The third kappa shape index (κ3) is 3.21. The first-order valence-electron chi connectivity index (χ1n) is 7.66. The highest BCUT2D eigenvalue weighted by Gasteiger charge is 2.41. The number of benzene rings is 1. The van der Waals surface area contributed by atoms with Gasteiger partial charge in [0.05, 0.1) is 6.61 Å². The third-order valence-electron chi connectivity index (χ3n) is 4.56. The SMILES string of the molecule is CCC1(C(=O)N(CCO)Cc2ccccc2)CCCC1. The summed E-state index contributed by atoms with van der Waals surface area (Å²) < 4.78 is 0. The summed E-state index contributed by atoms with van der Waals surface area (Å²) in [4.78, 5) is 14.7. The minimum Gasteiger partial charge on any atom is -0.395 e. The predicted octanol–water partition coefficient (Wildman–Crippen LogP) is 2.98. The topological polar surface area (TPSA) is 40.5 Å². The molecule has 0 spiro atoms. The molecule has 0 unspecified atom stereocenters. The van der Waals surface area contributed by atoms with Crippen molar-refractivity contribution in [3.8, 4) is 0 Å². The molecule has 0 bridgehead atoms. The van der Waals surface area contributed by atoms with Gasteiger partial charge in [0.2, 0.25) is 5.91 Å². The number of hydrogen-bond donors (Lipinski definition) is 1. The molecule has 0 atom stereocenters. The molecule has 110 valence electrons. The largest absolute Gasteiger partial charge is 0.395 e. The van der Waals surface area contributed by atoms with Crippen LogP contribution in [0.5, 0.6) is 0 Å². The zero-order valence-corrected chi connectivity index (χ0v) is 12.3. The summed E-state index contributed by atoms with van der Waals surface area (Å²) in [5, 5.41) is 9.27. The summed E-state index contributed by atoms with van der Waals surface area (Å²) in [6, 6.07) is 10.0. The summed E-state index contributed by atoms with van der Waals surface area (Å²) >= 11 is 0. The molecule has 0 heterocycles. The molecule has 0 radical (unpaired) electrons. The maximum Gasteiger partial charge on any atom is 0.229 e. The zero-order chi connectivity index (χ0) is 14.4. The number of aliphatic hydroxyl groups excluding tert-OH is 1. The number of rotatable bonds is 6. The van der Waals surface area contributed by atoms with Crippen molar-refractivity contribution in [2.75, 3.05) is 13.2 Å². The van der Waals surface area contributed by atoms with Gasteiger partial charge in [-0.2, -0.15) is 0 Å². The van der Waals surface area contributed by atoms with Gasteiger partial charge in [0, 0.05) is 18.5 Å². The number of nitrogens with zero attached hydrogens (tertiary/aromatic N) is 1. The number of carbonyl (C=O) groups excluding carboxylic acids is 1. The van der Waals surface area contributed by atoms with Crippen LogP contribution >= 0.6 is 0 Å². The monoisotopic (exact) mass is 275 g/mol. The Balaban J connectivity index is 2.13. The Morgan fingerprint density at radius 3 is 2.45 bits per heavy atom. The van der Waals surface area contributed by atoms with E-state index in [1.165, 1.54) is 0 Å². The molecule has 0 aliphatic heterocycles. The summed E-state index contributed by atoms with van der Waals surface area (Å²) in [6.45, 7) is 3.17. The van der Waals surface area contributed by atoms with Crippen molar-refractivity contribution >= 4 is 5.91 Å². The zero-order valence-electron chi connectivity index (χ0n) is 12.3. The number of aliphatic hydroxyl groups is 1. The van der Waals surface area contributed by atoms with E-state index in [0.29, 0.717) is 13.1 Å². The standard InChI is InChI=1S/C17H25NO2/c1-2-17(10-6-7-11-17)16(20)18(12-13-19)14-15-8-4-3-5-9-15/h3-5,8-9,19H,2,6-7,10-14H2,1H3. The van der Waals surface area contributed by atoms with Gasteiger partial charge in [0.1, 0.15) is 0 Å². The average molecular weight is 275 g/mol. The first-order chi connectivity index (χ1) is 9.72. The number of carbonyl (C=O) groups is 1. The van der Waals surface area contributed by atoms with Crippen LogP contribution < -0.4 is 0 Å². The number of hydrogen-bond acceptors (Lipinski definition) is 2. The molecule has 20 heavy (non-hydrogen) atoms. The van der Waals surface area contributed by atoms with E-state index in [2.05, 4.69) is 6.92 Å². The van der Waals surface area contributed by atoms with Crippen LogP contribution in [0.2, 0.25) is 0 Å². The molecular weight excluding hydrogens is 250 g/mol. The van der Waals surface area contributed by atoms with Gasteiger partial charge in [-0.1, -0.05) is 50.1 Å². The normalized spacial score (nSPS) is 17.1. The Morgan fingerprint density at radius 1 is 1.25 bits per heavy atom. The molecule has 1 fully saturated rings. The van der Waals surface area contributed by atoms with Crippen molar-refractivity contribution in [1.82, 2.24) is 4.90 Å². The van der Waals surface area contributed by atoms with Gasteiger partial charge < -0.3 is 10.0 Å². The minimum absolute atomic E-state index is 0.0262. The van der Waals surface area contributed by atoms with E-state index < -0.39 is 0 Å². The van der Waals surface area contributed by atoms with Crippen LogP contribution in [-0.2, 0) is 11.3 Å². The molecule has 1 saturated carbocycles. The molecular formula is C17H25NO2. The molecule has 2 rings (SSSR count). The summed E-state index contributed by atoms with van der Waals surface area (Å²) in [6.07, 6.45) is 5.20. The Kier molecular flexibility index (Phi) is 5.18. The van der Waals surface area contributed by atoms with Crippen LogP contribution in [0.3, 0.4) is 0 Å². The Labute approximate surface area is 121 Å². The van der Waals surface area contributed by atoms with E-state index in [0.717, 1.165) is 37.7 Å². The predicted molar refractivity (Wildman–Crippen MR) is 80.1 cm³/mol. The Morgan fingerprint density at radius 2 is 1.90 bits per heavy atom. The van der Waals surface area contributed by atoms with E-state index in [9.17, 15) is 9.90 Å². The lowest BCUT2D eigenvalue weighted by Crippen LogP contribution is -2.43. The fraction of sp³-hybridized carbons (Fsp3) is 0.588. The fourth-order valence-corrected chi connectivity index (χ4v) is 3.28. The number of amides is 1. The van der Waals surface area contributed by atoms with Gasteiger partial charge in [-0.25, -0.2) is 0 Å². The molecule has 1 aliphatic carbocycles. The molecule has 1 N–H and O–H groups in total. The minimum atomic E-state index is -0.177. The maximum atomic E-state index is 12.9. The van der Waals surface area contributed by atoms with Crippen molar-refractivity contribution in [3.63, 3.8) is 0 Å². The van der Waals surface area contributed by atoms with Gasteiger partial charge in [-0.05, 0) is 24.8 Å². The summed E-state index contributed by atoms with van der Waals surface area (Å²) in [5.41, 5.74) is 0.947. The fourth-order valence-electron chi connectivity index (χ4n) is 3.28. The van der Waals surface area contributed by atoms with E-state index in [1.54, 1.807) is 0 Å². The smallest absolute Gasteiger partial charge is 0.229 e. The van der Waals surface area contributed by atoms with E-state index in [1.807, 2.05) is 35.2 Å². The summed E-state index contributed by atoms with van der Waals surface area (Å²) in [7, 11) is 0. The second kappa shape index (κ2) is 6.89. The molecule has 0 aromatic heterocycles. The van der Waals surface area contributed by atoms with E-state index in [-0.39, 0.29) is 17.9 Å². The van der Waals surface area contributed by atoms with Gasteiger partial charge >= 0.3 is 0 Å². The lowest BCUT2D eigenvalue weighted by molar-refractivity contribution is -0.143. The highest BCUT2D eigenvalue weighted by molar-refractivity contribution is 5.83. The van der Waals surface area contributed by atoms with Gasteiger partial charge in [0.15, 0.2) is 0 Å². The first-order valence-corrected chi connectivity index (χ1v) is 7.66.